The monoisotopic (exact) mass is 449 g/mol. The van der Waals surface area contributed by atoms with Gasteiger partial charge >= 0.3 is 0 Å². The van der Waals surface area contributed by atoms with Gasteiger partial charge in [0.25, 0.3) is 0 Å². The molecule has 1 fully saturated rings. The van der Waals surface area contributed by atoms with Gasteiger partial charge in [0.15, 0.2) is 0 Å². The lowest BCUT2D eigenvalue weighted by molar-refractivity contribution is -0.134. The summed E-state index contributed by atoms with van der Waals surface area (Å²) in [7, 11) is 4.15. The Morgan fingerprint density at radius 1 is 1.33 bits per heavy atom. The average molecular weight is 450 g/mol. The van der Waals surface area contributed by atoms with Gasteiger partial charge in [-0.2, -0.15) is 0 Å². The fourth-order valence-corrected chi connectivity index (χ4v) is 5.86. The Kier molecular flexibility index (Phi) is 7.35. The van der Waals surface area contributed by atoms with Crippen molar-refractivity contribution in [1.82, 2.24) is 19.7 Å². The normalized spacial score (nSPS) is 23.1. The minimum atomic E-state index is -0.0386. The molecule has 178 valence electrons. The van der Waals surface area contributed by atoms with Gasteiger partial charge in [-0.1, -0.05) is 18.2 Å². The third kappa shape index (κ3) is 4.78. The van der Waals surface area contributed by atoms with E-state index >= 15 is 0 Å². The van der Waals surface area contributed by atoms with Crippen LogP contribution in [0, 0.1) is 5.92 Å². The number of rotatable bonds is 8. The SMILES string of the molecule is C=CCN1C[C@H](C(=O)N(CCCN(C)C)/C(C)=N/CC)C[C@@H]2c3cccc4[nH]cc(c34)C[C@H]21. The van der Waals surface area contributed by atoms with Gasteiger partial charge in [0, 0.05) is 55.2 Å². The van der Waals surface area contributed by atoms with Crippen molar-refractivity contribution in [3.63, 3.8) is 0 Å². The second-order valence-corrected chi connectivity index (χ2v) is 9.81. The lowest BCUT2D eigenvalue weighted by atomic mass is 9.72. The molecule has 6 nitrogen and oxygen atoms in total. The number of aromatic amines is 1. The van der Waals surface area contributed by atoms with Crippen LogP contribution in [0.1, 0.15) is 43.7 Å². The van der Waals surface area contributed by atoms with Crippen molar-refractivity contribution in [3.8, 4) is 0 Å². The molecule has 0 saturated carbocycles. The van der Waals surface area contributed by atoms with Crippen LogP contribution < -0.4 is 0 Å². The highest BCUT2D eigenvalue weighted by Gasteiger charge is 2.43. The van der Waals surface area contributed by atoms with Gasteiger partial charge in [0.1, 0.15) is 5.84 Å². The smallest absolute Gasteiger partial charge is 0.232 e. The first kappa shape index (κ1) is 23.7. The summed E-state index contributed by atoms with van der Waals surface area (Å²) < 4.78 is 0. The first-order valence-corrected chi connectivity index (χ1v) is 12.4. The first-order chi connectivity index (χ1) is 15.9. The van der Waals surface area contributed by atoms with Crippen molar-refractivity contribution in [3.05, 3.63) is 48.2 Å². The number of piperidine rings is 1. The number of carbonyl (C=O) groups excluding carboxylic acids is 1. The molecule has 0 radical (unpaired) electrons. The molecule has 2 aromatic rings. The number of hydrogen-bond acceptors (Lipinski definition) is 4. The number of benzene rings is 1. The Morgan fingerprint density at radius 3 is 2.88 bits per heavy atom. The minimum absolute atomic E-state index is 0.0386. The van der Waals surface area contributed by atoms with Crippen LogP contribution in [0.4, 0.5) is 0 Å². The molecular weight excluding hydrogens is 410 g/mol. The van der Waals surface area contributed by atoms with Crippen LogP contribution in [0.5, 0.6) is 0 Å². The van der Waals surface area contributed by atoms with Gasteiger partial charge in [-0.05, 0) is 70.9 Å². The van der Waals surface area contributed by atoms with Crippen LogP contribution in [-0.4, -0.2) is 84.3 Å². The molecule has 4 rings (SSSR count). The second-order valence-electron chi connectivity index (χ2n) is 9.81. The Balaban J connectivity index is 1.63. The maximum absolute atomic E-state index is 13.9. The van der Waals surface area contributed by atoms with E-state index in [9.17, 15) is 4.79 Å². The molecule has 1 aromatic carbocycles. The highest BCUT2D eigenvalue weighted by Crippen LogP contribution is 2.45. The third-order valence-corrected chi connectivity index (χ3v) is 7.32. The van der Waals surface area contributed by atoms with Crippen molar-refractivity contribution in [2.75, 3.05) is 46.8 Å². The predicted molar refractivity (Wildman–Crippen MR) is 137 cm³/mol. The standard InChI is InChI=1S/C27H39N5O/c1-6-12-31-18-21(27(33)32(19(3)28-7-2)14-9-13-30(4)5)15-23-22-10-8-11-24-26(22)20(17-29-24)16-25(23)31/h6,8,10-11,17,21,23,25,29H,1,7,9,12-16,18H2,2-5H3/b28-19+/t21-,23-,25-/m1/s1. The van der Waals surface area contributed by atoms with Crippen LogP contribution >= 0.6 is 0 Å². The molecule has 6 heteroatoms. The topological polar surface area (TPSA) is 54.9 Å². The van der Waals surface area contributed by atoms with Crippen LogP contribution in [0.2, 0.25) is 0 Å². The average Bonchev–Trinajstić information content (AvgIpc) is 3.21. The Hall–Kier alpha value is -2.44. The van der Waals surface area contributed by atoms with Crippen molar-refractivity contribution < 1.29 is 4.79 Å². The van der Waals surface area contributed by atoms with Gasteiger partial charge in [0.2, 0.25) is 5.91 Å². The molecule has 1 saturated heterocycles. The van der Waals surface area contributed by atoms with Crippen LogP contribution in [-0.2, 0) is 11.2 Å². The van der Waals surface area contributed by atoms with Crippen molar-refractivity contribution in [2.24, 2.45) is 10.9 Å². The Morgan fingerprint density at radius 2 is 2.15 bits per heavy atom. The summed E-state index contributed by atoms with van der Waals surface area (Å²) in [5, 5.41) is 1.37. The van der Waals surface area contributed by atoms with Gasteiger partial charge in [-0.15, -0.1) is 6.58 Å². The van der Waals surface area contributed by atoms with E-state index in [0.717, 1.165) is 51.3 Å². The third-order valence-electron chi connectivity index (χ3n) is 7.32. The number of H-pyrrole nitrogens is 1. The highest BCUT2D eigenvalue weighted by molar-refractivity contribution is 5.98. The molecular formula is C27H39N5O. The summed E-state index contributed by atoms with van der Waals surface area (Å²) in [4.78, 5) is 28.6. The zero-order chi connectivity index (χ0) is 23.5. The molecule has 1 aliphatic carbocycles. The molecule has 2 aliphatic rings. The largest absolute Gasteiger partial charge is 0.361 e. The number of nitrogens with one attached hydrogen (secondary N) is 1. The molecule has 2 heterocycles. The van der Waals surface area contributed by atoms with Gasteiger partial charge in [-0.3, -0.25) is 14.7 Å². The number of hydrogen-bond donors (Lipinski definition) is 1. The molecule has 1 aromatic heterocycles. The van der Waals surface area contributed by atoms with E-state index < -0.39 is 0 Å². The fourth-order valence-electron chi connectivity index (χ4n) is 5.86. The van der Waals surface area contributed by atoms with Gasteiger partial charge in [-0.25, -0.2) is 0 Å². The van der Waals surface area contributed by atoms with Crippen molar-refractivity contribution in [1.29, 1.82) is 0 Å². The summed E-state index contributed by atoms with van der Waals surface area (Å²) in [6, 6.07) is 6.99. The number of aliphatic imine (C=N–C) groups is 1. The van der Waals surface area contributed by atoms with E-state index in [1.165, 1.54) is 22.0 Å². The maximum Gasteiger partial charge on any atom is 0.232 e. The highest BCUT2D eigenvalue weighted by atomic mass is 16.2. The fraction of sp³-hybridized carbons (Fsp3) is 0.556. The number of amidine groups is 1. The molecule has 3 atom stereocenters. The van der Waals surface area contributed by atoms with E-state index in [2.05, 4.69) is 64.8 Å². The lowest BCUT2D eigenvalue weighted by Gasteiger charge is -2.47. The quantitative estimate of drug-likeness (QED) is 0.378. The van der Waals surface area contributed by atoms with E-state index in [0.29, 0.717) is 18.5 Å². The molecule has 0 bridgehead atoms. The summed E-state index contributed by atoms with van der Waals surface area (Å²) in [6.07, 6.45) is 7.01. The van der Waals surface area contributed by atoms with E-state index in [-0.39, 0.29) is 11.8 Å². The predicted octanol–water partition coefficient (Wildman–Crippen LogP) is 3.90. The number of amides is 1. The number of carbonyl (C=O) groups is 1. The number of nitrogens with zero attached hydrogens (tertiary/aromatic N) is 4. The summed E-state index contributed by atoms with van der Waals surface area (Å²) in [6.45, 7) is 12.0. The molecule has 33 heavy (non-hydrogen) atoms. The lowest BCUT2D eigenvalue weighted by Crippen LogP contribution is -2.54. The summed E-state index contributed by atoms with van der Waals surface area (Å²) in [5.74, 6) is 1.38. The summed E-state index contributed by atoms with van der Waals surface area (Å²) in [5.41, 5.74) is 4.00. The van der Waals surface area contributed by atoms with E-state index in [4.69, 9.17) is 0 Å². The molecule has 1 amide bonds. The van der Waals surface area contributed by atoms with E-state index in [1.807, 2.05) is 24.8 Å². The van der Waals surface area contributed by atoms with Gasteiger partial charge in [0.05, 0.1) is 5.92 Å². The molecule has 1 aliphatic heterocycles. The second kappa shape index (κ2) is 10.2. The van der Waals surface area contributed by atoms with Crippen molar-refractivity contribution >= 4 is 22.6 Å². The maximum atomic E-state index is 13.9. The van der Waals surface area contributed by atoms with Gasteiger partial charge < -0.3 is 14.8 Å². The molecule has 0 unspecified atom stereocenters. The number of aromatic nitrogens is 1. The number of fused-ring (bicyclic) bond motifs is 2. The Labute approximate surface area is 198 Å². The number of likely N-dealkylation sites (tertiary alicyclic amines) is 1. The minimum Gasteiger partial charge on any atom is -0.361 e. The zero-order valence-electron chi connectivity index (χ0n) is 20.7. The zero-order valence-corrected chi connectivity index (χ0v) is 20.7. The summed E-state index contributed by atoms with van der Waals surface area (Å²) >= 11 is 0. The first-order valence-electron chi connectivity index (χ1n) is 12.4. The Bertz CT molecular complexity index is 1020. The van der Waals surface area contributed by atoms with Crippen LogP contribution in [0.25, 0.3) is 10.9 Å². The molecule has 1 N–H and O–H groups in total. The van der Waals surface area contributed by atoms with E-state index in [1.54, 1.807) is 0 Å². The van der Waals surface area contributed by atoms with Crippen molar-refractivity contribution in [2.45, 2.75) is 45.1 Å². The molecule has 0 spiro atoms. The van der Waals surface area contributed by atoms with Crippen LogP contribution in [0.15, 0.2) is 42.0 Å². The van der Waals surface area contributed by atoms with Crippen LogP contribution in [0.3, 0.4) is 0 Å².